The van der Waals surface area contributed by atoms with Crippen molar-refractivity contribution in [2.24, 2.45) is 0 Å². The Labute approximate surface area is 117 Å². The third-order valence-corrected chi connectivity index (χ3v) is 3.67. The highest BCUT2D eigenvalue weighted by molar-refractivity contribution is 7.11. The van der Waals surface area contributed by atoms with E-state index in [1.165, 1.54) is 11.1 Å². The summed E-state index contributed by atoms with van der Waals surface area (Å²) in [5.41, 5.74) is 2.56. The van der Waals surface area contributed by atoms with Gasteiger partial charge in [-0.05, 0) is 12.5 Å². The monoisotopic (exact) mass is 277 g/mol. The molecule has 0 saturated heterocycles. The highest BCUT2D eigenvalue weighted by Crippen LogP contribution is 2.15. The van der Waals surface area contributed by atoms with Gasteiger partial charge in [-0.2, -0.15) is 0 Å². The number of hydrogen-bond donors (Lipinski definition) is 1. The van der Waals surface area contributed by atoms with Crippen molar-refractivity contribution < 1.29 is 4.74 Å². The zero-order valence-electron chi connectivity index (χ0n) is 11.3. The van der Waals surface area contributed by atoms with E-state index < -0.39 is 0 Å². The zero-order valence-corrected chi connectivity index (χ0v) is 12.2. The van der Waals surface area contributed by atoms with Gasteiger partial charge >= 0.3 is 0 Å². The Balaban J connectivity index is 1.85. The van der Waals surface area contributed by atoms with Crippen LogP contribution in [0.5, 0.6) is 0 Å². The molecule has 0 aliphatic rings. The minimum Gasteiger partial charge on any atom is -0.383 e. The summed E-state index contributed by atoms with van der Waals surface area (Å²) in [5.74, 6) is 0. The van der Waals surface area contributed by atoms with Gasteiger partial charge in [0.15, 0.2) is 0 Å². The first-order chi connectivity index (χ1) is 9.28. The molecular formula is C14H19N3OS. The van der Waals surface area contributed by atoms with Crippen LogP contribution < -0.4 is 5.32 Å². The summed E-state index contributed by atoms with van der Waals surface area (Å²) in [7, 11) is 1.70. The molecule has 2 aromatic rings. The molecule has 5 heteroatoms. The summed E-state index contributed by atoms with van der Waals surface area (Å²) < 4.78 is 4.98. The average molecular weight is 277 g/mol. The molecule has 0 amide bonds. The highest BCUT2D eigenvalue weighted by atomic mass is 32.1. The maximum absolute atomic E-state index is 4.98. The van der Waals surface area contributed by atoms with Crippen molar-refractivity contribution in [2.45, 2.75) is 19.9 Å². The van der Waals surface area contributed by atoms with Crippen LogP contribution in [0.2, 0.25) is 0 Å². The van der Waals surface area contributed by atoms with Gasteiger partial charge in [0.25, 0.3) is 0 Å². The number of methoxy groups -OCH3 is 1. The number of rotatable bonds is 7. The lowest BCUT2D eigenvalue weighted by molar-refractivity contribution is 0.199. The van der Waals surface area contributed by atoms with Gasteiger partial charge in [-0.1, -0.05) is 41.2 Å². The summed E-state index contributed by atoms with van der Waals surface area (Å²) in [5, 5.41) is 13.8. The molecule has 0 atom stereocenters. The van der Waals surface area contributed by atoms with Gasteiger partial charge in [0, 0.05) is 26.6 Å². The van der Waals surface area contributed by atoms with E-state index in [0.717, 1.165) is 36.1 Å². The number of hydrogen-bond acceptors (Lipinski definition) is 5. The average Bonchev–Trinajstić information content (AvgIpc) is 2.85. The Morgan fingerprint density at radius 1 is 1.16 bits per heavy atom. The van der Waals surface area contributed by atoms with E-state index in [1.807, 2.05) is 0 Å². The first-order valence-corrected chi connectivity index (χ1v) is 7.16. The molecular weight excluding hydrogens is 258 g/mol. The van der Waals surface area contributed by atoms with Crippen molar-refractivity contribution in [1.29, 1.82) is 0 Å². The van der Waals surface area contributed by atoms with Crippen molar-refractivity contribution in [3.05, 3.63) is 45.4 Å². The smallest absolute Gasteiger partial charge is 0.131 e. The number of aromatic nitrogens is 2. The molecule has 0 unspecified atom stereocenters. The summed E-state index contributed by atoms with van der Waals surface area (Å²) in [6.45, 7) is 4.41. The van der Waals surface area contributed by atoms with Gasteiger partial charge in [0.1, 0.15) is 10.0 Å². The lowest BCUT2D eigenvalue weighted by Gasteiger charge is -1.99. The number of ether oxygens (including phenoxy) is 1. The number of nitrogens with zero attached hydrogens (tertiary/aromatic N) is 2. The molecule has 0 saturated carbocycles. The predicted molar refractivity (Wildman–Crippen MR) is 77.5 cm³/mol. The first-order valence-electron chi connectivity index (χ1n) is 6.34. The van der Waals surface area contributed by atoms with E-state index in [2.05, 4.69) is 46.7 Å². The fourth-order valence-corrected chi connectivity index (χ4v) is 2.53. The van der Waals surface area contributed by atoms with Gasteiger partial charge in [0.2, 0.25) is 0 Å². The molecule has 19 heavy (non-hydrogen) atoms. The van der Waals surface area contributed by atoms with Crippen molar-refractivity contribution >= 4 is 11.3 Å². The zero-order chi connectivity index (χ0) is 13.5. The van der Waals surface area contributed by atoms with Crippen molar-refractivity contribution in [2.75, 3.05) is 20.3 Å². The fourth-order valence-electron chi connectivity index (χ4n) is 1.68. The topological polar surface area (TPSA) is 47.0 Å². The van der Waals surface area contributed by atoms with Crippen LogP contribution in [0.4, 0.5) is 0 Å². The highest BCUT2D eigenvalue weighted by Gasteiger charge is 2.04. The van der Waals surface area contributed by atoms with Gasteiger partial charge in [0.05, 0.1) is 6.61 Å². The molecule has 0 aliphatic carbocycles. The van der Waals surface area contributed by atoms with Crippen molar-refractivity contribution in [3.63, 3.8) is 0 Å². The normalized spacial score (nSPS) is 10.8. The summed E-state index contributed by atoms with van der Waals surface area (Å²) in [6.07, 6.45) is 0.857. The molecule has 102 valence electrons. The molecule has 0 bridgehead atoms. The molecule has 2 rings (SSSR count). The first kappa shape index (κ1) is 14.1. The summed E-state index contributed by atoms with van der Waals surface area (Å²) in [4.78, 5) is 0. The van der Waals surface area contributed by atoms with Crippen LogP contribution in [0, 0.1) is 6.92 Å². The third-order valence-electron chi connectivity index (χ3n) is 2.74. The molecule has 1 aromatic carbocycles. The lowest BCUT2D eigenvalue weighted by Crippen LogP contribution is -2.18. The molecule has 1 aromatic heterocycles. The Hall–Kier alpha value is -1.30. The Morgan fingerprint density at radius 2 is 1.89 bits per heavy atom. The van der Waals surface area contributed by atoms with E-state index in [1.54, 1.807) is 18.4 Å². The van der Waals surface area contributed by atoms with E-state index in [0.29, 0.717) is 0 Å². The van der Waals surface area contributed by atoms with Crippen LogP contribution in [-0.4, -0.2) is 30.5 Å². The van der Waals surface area contributed by atoms with Crippen LogP contribution >= 0.6 is 11.3 Å². The van der Waals surface area contributed by atoms with E-state index in [9.17, 15) is 0 Å². The van der Waals surface area contributed by atoms with Gasteiger partial charge in [-0.25, -0.2) is 0 Å². The maximum atomic E-state index is 4.98. The summed E-state index contributed by atoms with van der Waals surface area (Å²) in [6, 6.07) is 8.55. The number of aryl methyl sites for hydroxylation is 1. The second-order valence-electron chi connectivity index (χ2n) is 4.42. The maximum Gasteiger partial charge on any atom is 0.131 e. The molecule has 4 nitrogen and oxygen atoms in total. The van der Waals surface area contributed by atoms with Gasteiger partial charge in [-0.15, -0.1) is 10.2 Å². The molecule has 1 heterocycles. The fraction of sp³-hybridized carbons (Fsp3) is 0.429. The minimum absolute atomic E-state index is 0.717. The van der Waals surface area contributed by atoms with Gasteiger partial charge in [-0.3, -0.25) is 0 Å². The summed E-state index contributed by atoms with van der Waals surface area (Å²) >= 11 is 1.66. The predicted octanol–water partition coefficient (Wildman–Crippen LogP) is 2.17. The number of nitrogens with one attached hydrogen (secondary N) is 1. The van der Waals surface area contributed by atoms with E-state index in [4.69, 9.17) is 4.74 Å². The Morgan fingerprint density at radius 3 is 2.63 bits per heavy atom. The third kappa shape index (κ3) is 4.70. The van der Waals surface area contributed by atoms with Crippen LogP contribution in [0.25, 0.3) is 0 Å². The SMILES string of the molecule is COCCNCc1nnc(Cc2ccc(C)cc2)s1. The largest absolute Gasteiger partial charge is 0.383 e. The van der Waals surface area contributed by atoms with E-state index in [-0.39, 0.29) is 0 Å². The second-order valence-corrected chi connectivity index (χ2v) is 5.57. The molecule has 0 aliphatic heterocycles. The Kier molecular flexibility index (Phi) is 5.44. The van der Waals surface area contributed by atoms with Crippen LogP contribution in [0.1, 0.15) is 21.1 Å². The van der Waals surface area contributed by atoms with E-state index >= 15 is 0 Å². The Bertz CT molecular complexity index is 496. The van der Waals surface area contributed by atoms with Crippen LogP contribution in [-0.2, 0) is 17.7 Å². The lowest BCUT2D eigenvalue weighted by atomic mass is 10.1. The standard InChI is InChI=1S/C14H19N3OS/c1-11-3-5-12(6-4-11)9-13-16-17-14(19-13)10-15-7-8-18-2/h3-6,15H,7-10H2,1-2H3. The van der Waals surface area contributed by atoms with Crippen molar-refractivity contribution in [1.82, 2.24) is 15.5 Å². The second kappa shape index (κ2) is 7.33. The van der Waals surface area contributed by atoms with Gasteiger partial charge < -0.3 is 10.1 Å². The minimum atomic E-state index is 0.717. The van der Waals surface area contributed by atoms with Crippen molar-refractivity contribution in [3.8, 4) is 0 Å². The van der Waals surface area contributed by atoms with Crippen LogP contribution in [0.3, 0.4) is 0 Å². The molecule has 0 radical (unpaired) electrons. The molecule has 1 N–H and O–H groups in total. The molecule has 0 fully saturated rings. The quantitative estimate of drug-likeness (QED) is 0.788. The molecule has 0 spiro atoms. The number of benzene rings is 1. The van der Waals surface area contributed by atoms with Crippen LogP contribution in [0.15, 0.2) is 24.3 Å².